The van der Waals surface area contributed by atoms with E-state index in [-0.39, 0.29) is 0 Å². The number of hydrogen-bond donors (Lipinski definition) is 0. The molecule has 0 N–H and O–H groups in total. The first-order chi connectivity index (χ1) is 6.88. The van der Waals surface area contributed by atoms with E-state index >= 15 is 0 Å². The SMILES string of the molecule is N#Cc1ccc(COCC2CO2)cc1. The summed E-state index contributed by atoms with van der Waals surface area (Å²) < 4.78 is 10.4. The topological polar surface area (TPSA) is 45.5 Å². The number of hydrogen-bond acceptors (Lipinski definition) is 3. The zero-order valence-electron chi connectivity index (χ0n) is 7.77. The van der Waals surface area contributed by atoms with Crippen LogP contribution in [0, 0.1) is 11.3 Å². The maximum absolute atomic E-state index is 8.59. The van der Waals surface area contributed by atoms with Gasteiger partial charge < -0.3 is 9.47 Å². The summed E-state index contributed by atoms with van der Waals surface area (Å²) in [5.74, 6) is 0. The van der Waals surface area contributed by atoms with Crippen LogP contribution in [0.2, 0.25) is 0 Å². The van der Waals surface area contributed by atoms with Gasteiger partial charge in [-0.3, -0.25) is 0 Å². The predicted octanol–water partition coefficient (Wildman–Crippen LogP) is 1.47. The van der Waals surface area contributed by atoms with Crippen LogP contribution in [0.5, 0.6) is 0 Å². The molecule has 1 saturated heterocycles. The molecular weight excluding hydrogens is 178 g/mol. The Kier molecular flexibility index (Phi) is 2.78. The molecule has 1 aliphatic rings. The van der Waals surface area contributed by atoms with Gasteiger partial charge in [0, 0.05) is 0 Å². The van der Waals surface area contributed by atoms with E-state index in [1.807, 2.05) is 12.1 Å². The average Bonchev–Trinajstić information content (AvgIpc) is 3.03. The first-order valence-corrected chi connectivity index (χ1v) is 4.57. The van der Waals surface area contributed by atoms with E-state index in [4.69, 9.17) is 14.7 Å². The summed E-state index contributed by atoms with van der Waals surface area (Å²) in [5.41, 5.74) is 1.77. The molecule has 14 heavy (non-hydrogen) atoms. The van der Waals surface area contributed by atoms with Crippen LogP contribution in [0.25, 0.3) is 0 Å². The van der Waals surface area contributed by atoms with Crippen molar-refractivity contribution >= 4 is 0 Å². The minimum atomic E-state index is 0.313. The fourth-order valence-electron chi connectivity index (χ4n) is 1.15. The predicted molar refractivity (Wildman–Crippen MR) is 50.6 cm³/mol. The Morgan fingerprint density at radius 1 is 1.43 bits per heavy atom. The molecule has 0 radical (unpaired) electrons. The Morgan fingerprint density at radius 3 is 2.71 bits per heavy atom. The zero-order valence-corrected chi connectivity index (χ0v) is 7.77. The maximum atomic E-state index is 8.59. The smallest absolute Gasteiger partial charge is 0.104 e. The monoisotopic (exact) mass is 189 g/mol. The average molecular weight is 189 g/mol. The minimum Gasteiger partial charge on any atom is -0.374 e. The van der Waals surface area contributed by atoms with E-state index in [2.05, 4.69) is 6.07 Å². The second-order valence-electron chi connectivity index (χ2n) is 3.28. The van der Waals surface area contributed by atoms with E-state index in [1.54, 1.807) is 12.1 Å². The molecule has 1 fully saturated rings. The number of benzene rings is 1. The van der Waals surface area contributed by atoms with E-state index in [0.717, 1.165) is 12.2 Å². The molecule has 2 rings (SSSR count). The Labute approximate surface area is 82.9 Å². The molecule has 0 aromatic heterocycles. The zero-order chi connectivity index (χ0) is 9.80. The molecule has 3 heteroatoms. The Morgan fingerprint density at radius 2 is 2.14 bits per heavy atom. The van der Waals surface area contributed by atoms with Gasteiger partial charge in [-0.2, -0.15) is 5.26 Å². The van der Waals surface area contributed by atoms with Gasteiger partial charge in [-0.15, -0.1) is 0 Å². The van der Waals surface area contributed by atoms with Crippen molar-refractivity contribution in [3.05, 3.63) is 35.4 Å². The molecule has 3 nitrogen and oxygen atoms in total. The lowest BCUT2D eigenvalue weighted by Crippen LogP contribution is -2.01. The highest BCUT2D eigenvalue weighted by molar-refractivity contribution is 5.31. The molecule has 1 unspecified atom stereocenters. The molecule has 72 valence electrons. The van der Waals surface area contributed by atoms with E-state index < -0.39 is 0 Å². The summed E-state index contributed by atoms with van der Waals surface area (Å²) in [6.07, 6.45) is 0.313. The summed E-state index contributed by atoms with van der Waals surface area (Å²) in [7, 11) is 0. The van der Waals surface area contributed by atoms with Crippen LogP contribution in [0.15, 0.2) is 24.3 Å². The van der Waals surface area contributed by atoms with E-state index in [9.17, 15) is 0 Å². The first-order valence-electron chi connectivity index (χ1n) is 4.57. The third kappa shape index (κ3) is 2.56. The van der Waals surface area contributed by atoms with E-state index in [1.165, 1.54) is 0 Å². The summed E-state index contributed by atoms with van der Waals surface area (Å²) in [5, 5.41) is 8.59. The Balaban J connectivity index is 1.80. The summed E-state index contributed by atoms with van der Waals surface area (Å²) in [6.45, 7) is 2.08. The molecular formula is C11H11NO2. The molecule has 1 atom stereocenters. The van der Waals surface area contributed by atoms with Gasteiger partial charge in [0.25, 0.3) is 0 Å². The number of nitriles is 1. The minimum absolute atomic E-state index is 0.313. The highest BCUT2D eigenvalue weighted by Crippen LogP contribution is 2.10. The molecule has 0 saturated carbocycles. The molecule has 1 aliphatic heterocycles. The highest BCUT2D eigenvalue weighted by atomic mass is 16.6. The van der Waals surface area contributed by atoms with Crippen molar-refractivity contribution < 1.29 is 9.47 Å². The summed E-state index contributed by atoms with van der Waals surface area (Å²) in [6, 6.07) is 9.49. The van der Waals surface area contributed by atoms with Crippen molar-refractivity contribution in [1.82, 2.24) is 0 Å². The van der Waals surface area contributed by atoms with Crippen LogP contribution < -0.4 is 0 Å². The van der Waals surface area contributed by atoms with Crippen LogP contribution >= 0.6 is 0 Å². The van der Waals surface area contributed by atoms with Gasteiger partial charge in [-0.05, 0) is 17.7 Å². The third-order valence-corrected chi connectivity index (χ3v) is 2.06. The van der Waals surface area contributed by atoms with Gasteiger partial charge in [0.15, 0.2) is 0 Å². The van der Waals surface area contributed by atoms with Crippen molar-refractivity contribution in [2.45, 2.75) is 12.7 Å². The first kappa shape index (κ1) is 9.20. The van der Waals surface area contributed by atoms with Crippen molar-refractivity contribution in [1.29, 1.82) is 5.26 Å². The fourth-order valence-corrected chi connectivity index (χ4v) is 1.15. The van der Waals surface area contributed by atoms with Gasteiger partial charge in [-0.1, -0.05) is 12.1 Å². The van der Waals surface area contributed by atoms with Crippen LogP contribution in [-0.2, 0) is 16.1 Å². The van der Waals surface area contributed by atoms with Crippen LogP contribution in [-0.4, -0.2) is 19.3 Å². The van der Waals surface area contributed by atoms with Gasteiger partial charge >= 0.3 is 0 Å². The van der Waals surface area contributed by atoms with E-state index in [0.29, 0.717) is 24.9 Å². The molecule has 1 aromatic carbocycles. The number of epoxide rings is 1. The second kappa shape index (κ2) is 4.23. The highest BCUT2D eigenvalue weighted by Gasteiger charge is 2.22. The molecule has 1 heterocycles. The van der Waals surface area contributed by atoms with Crippen LogP contribution in [0.1, 0.15) is 11.1 Å². The van der Waals surface area contributed by atoms with Gasteiger partial charge in [0.05, 0.1) is 31.5 Å². The summed E-state index contributed by atoms with van der Waals surface area (Å²) in [4.78, 5) is 0. The second-order valence-corrected chi connectivity index (χ2v) is 3.28. The lowest BCUT2D eigenvalue weighted by atomic mass is 10.2. The molecule has 1 aromatic rings. The normalized spacial score (nSPS) is 18.9. The standard InChI is InChI=1S/C11H11NO2/c12-5-9-1-3-10(4-2-9)6-13-7-11-8-14-11/h1-4,11H,6-8H2. The lowest BCUT2D eigenvalue weighted by molar-refractivity contribution is 0.104. The molecule has 0 amide bonds. The van der Waals surface area contributed by atoms with Crippen molar-refractivity contribution in [2.24, 2.45) is 0 Å². The van der Waals surface area contributed by atoms with Crippen molar-refractivity contribution in [3.63, 3.8) is 0 Å². The van der Waals surface area contributed by atoms with Gasteiger partial charge in [0.1, 0.15) is 6.10 Å². The van der Waals surface area contributed by atoms with Gasteiger partial charge in [0.2, 0.25) is 0 Å². The number of nitrogens with zero attached hydrogens (tertiary/aromatic N) is 1. The van der Waals surface area contributed by atoms with Crippen LogP contribution in [0.3, 0.4) is 0 Å². The fraction of sp³-hybridized carbons (Fsp3) is 0.364. The number of ether oxygens (including phenoxy) is 2. The van der Waals surface area contributed by atoms with Crippen molar-refractivity contribution in [2.75, 3.05) is 13.2 Å². The molecule has 0 bridgehead atoms. The summed E-state index contributed by atoms with van der Waals surface area (Å²) >= 11 is 0. The largest absolute Gasteiger partial charge is 0.374 e. The van der Waals surface area contributed by atoms with Gasteiger partial charge in [-0.25, -0.2) is 0 Å². The lowest BCUT2D eigenvalue weighted by Gasteiger charge is -2.01. The Bertz CT molecular complexity index is 335. The van der Waals surface area contributed by atoms with Crippen LogP contribution in [0.4, 0.5) is 0 Å². The maximum Gasteiger partial charge on any atom is 0.104 e. The molecule has 0 aliphatic carbocycles. The third-order valence-electron chi connectivity index (χ3n) is 2.06. The Hall–Kier alpha value is -1.37. The van der Waals surface area contributed by atoms with Crippen molar-refractivity contribution in [3.8, 4) is 6.07 Å². The molecule has 0 spiro atoms. The number of rotatable bonds is 4. The quantitative estimate of drug-likeness (QED) is 0.674.